The average molecular weight is 504 g/mol. The molecule has 0 aromatic heterocycles. The van der Waals surface area contributed by atoms with Crippen LogP contribution in [0.15, 0.2) is 48.5 Å². The molecule has 0 radical (unpaired) electrons. The van der Waals surface area contributed by atoms with E-state index in [0.29, 0.717) is 29.4 Å². The fourth-order valence-electron chi connectivity index (χ4n) is 4.62. The van der Waals surface area contributed by atoms with Gasteiger partial charge in [0, 0.05) is 43.4 Å². The second kappa shape index (κ2) is 10.0. The van der Waals surface area contributed by atoms with E-state index in [-0.39, 0.29) is 18.0 Å². The van der Waals surface area contributed by atoms with Crippen molar-refractivity contribution >= 4 is 29.5 Å². The van der Waals surface area contributed by atoms with Gasteiger partial charge in [0.05, 0.1) is 0 Å². The number of benzene rings is 2. The Bertz CT molecular complexity index is 1080. The molecule has 2 heterocycles. The number of carbonyl (C=O) groups excluding carboxylic acids is 2. The first-order valence-corrected chi connectivity index (χ1v) is 12.1. The van der Waals surface area contributed by atoms with E-state index < -0.39 is 23.8 Å². The van der Waals surface area contributed by atoms with E-state index in [1.54, 1.807) is 53.2 Å². The molecule has 2 saturated heterocycles. The summed E-state index contributed by atoms with van der Waals surface area (Å²) >= 11 is 6.04. The number of ether oxygens (including phenoxy) is 2. The number of amides is 2. The summed E-state index contributed by atoms with van der Waals surface area (Å²) in [4.78, 5) is 30.8. The molecule has 0 spiro atoms. The molecule has 2 aromatic rings. The van der Waals surface area contributed by atoms with Crippen molar-refractivity contribution < 1.29 is 23.5 Å². The number of carbonyl (C=O) groups is 2. The molecule has 2 aliphatic rings. The summed E-state index contributed by atoms with van der Waals surface area (Å²) in [6, 6.07) is 12.6. The molecule has 2 fully saturated rings. The van der Waals surface area contributed by atoms with Crippen LogP contribution < -0.4 is 4.90 Å². The molecule has 2 aliphatic heterocycles. The lowest BCUT2D eigenvalue weighted by Crippen LogP contribution is -2.43. The Kier molecular flexibility index (Phi) is 7.24. The third-order valence-electron chi connectivity index (χ3n) is 6.29. The molecule has 3 atom stereocenters. The molecule has 0 bridgehead atoms. The topological polar surface area (TPSA) is 62.3 Å². The van der Waals surface area contributed by atoms with E-state index >= 15 is 0 Å². The molecular weight excluding hydrogens is 473 g/mol. The summed E-state index contributed by atoms with van der Waals surface area (Å²) in [6.45, 7) is 7.34. The minimum atomic E-state index is -0.564. The zero-order valence-corrected chi connectivity index (χ0v) is 21.2. The molecule has 1 unspecified atom stereocenters. The van der Waals surface area contributed by atoms with Crippen LogP contribution >= 0.6 is 11.6 Å². The number of rotatable bonds is 5. The lowest BCUT2D eigenvalue weighted by molar-refractivity contribution is 0.0225. The minimum Gasteiger partial charge on any atom is -0.444 e. The van der Waals surface area contributed by atoms with Gasteiger partial charge in [0.25, 0.3) is 0 Å². The van der Waals surface area contributed by atoms with E-state index in [1.807, 2.05) is 20.8 Å². The van der Waals surface area contributed by atoms with Crippen molar-refractivity contribution in [3.63, 3.8) is 0 Å². The summed E-state index contributed by atoms with van der Waals surface area (Å²) in [7, 11) is 1.75. The Morgan fingerprint density at radius 3 is 2.60 bits per heavy atom. The number of likely N-dealkylation sites (tertiary alicyclic amines) is 1. The van der Waals surface area contributed by atoms with Crippen LogP contribution in [0.25, 0.3) is 0 Å². The van der Waals surface area contributed by atoms with Gasteiger partial charge in [0.1, 0.15) is 23.6 Å². The van der Waals surface area contributed by atoms with Crippen molar-refractivity contribution in [3.05, 3.63) is 64.9 Å². The quantitative estimate of drug-likeness (QED) is 0.540. The molecule has 0 saturated carbocycles. The fraction of sp³-hybridized carbons (Fsp3) is 0.462. The Morgan fingerprint density at radius 2 is 1.94 bits per heavy atom. The Hall–Kier alpha value is -2.84. The van der Waals surface area contributed by atoms with Gasteiger partial charge < -0.3 is 14.4 Å². The fourth-order valence-corrected chi connectivity index (χ4v) is 4.75. The van der Waals surface area contributed by atoms with E-state index in [4.69, 9.17) is 21.1 Å². The van der Waals surface area contributed by atoms with Gasteiger partial charge in [-0.1, -0.05) is 23.7 Å². The van der Waals surface area contributed by atoms with Crippen LogP contribution in [0.3, 0.4) is 0 Å². The van der Waals surface area contributed by atoms with Gasteiger partial charge in [-0.3, -0.25) is 9.80 Å². The molecule has 35 heavy (non-hydrogen) atoms. The van der Waals surface area contributed by atoms with Crippen molar-refractivity contribution in [2.75, 3.05) is 31.6 Å². The van der Waals surface area contributed by atoms with E-state index in [0.717, 1.165) is 13.0 Å². The van der Waals surface area contributed by atoms with Gasteiger partial charge in [-0.25, -0.2) is 14.0 Å². The largest absolute Gasteiger partial charge is 0.444 e. The number of nitrogens with zero attached hydrogens (tertiary/aromatic N) is 3. The van der Waals surface area contributed by atoms with Crippen LogP contribution in [0.5, 0.6) is 0 Å². The van der Waals surface area contributed by atoms with Crippen LogP contribution in [-0.2, 0) is 9.47 Å². The normalized spacial score (nSPS) is 22.9. The predicted octanol–water partition coefficient (Wildman–Crippen LogP) is 5.49. The summed E-state index contributed by atoms with van der Waals surface area (Å²) in [5, 5.41) is 0.553. The zero-order valence-electron chi connectivity index (χ0n) is 20.4. The molecular formula is C26H31ClFN3O4. The van der Waals surface area contributed by atoms with Crippen molar-refractivity contribution in [3.8, 4) is 0 Å². The standard InChI is InChI=1S/C26H31ClFN3O4/c1-26(2,3)35-24(32)29(4)21-12-13-30(15-21)16-22-23(17-6-5-7-19(28)14-17)31(25(33)34-22)20-10-8-18(27)9-11-20/h5-11,14,21-23H,12-13,15-16H2,1-4H3/t21?,22-,23-/m0/s1. The highest BCUT2D eigenvalue weighted by atomic mass is 35.5. The van der Waals surface area contributed by atoms with Gasteiger partial charge in [-0.05, 0) is 69.2 Å². The molecule has 7 nitrogen and oxygen atoms in total. The molecule has 9 heteroatoms. The lowest BCUT2D eigenvalue weighted by atomic mass is 9.99. The first-order chi connectivity index (χ1) is 16.5. The van der Waals surface area contributed by atoms with Crippen LogP contribution in [0, 0.1) is 5.82 Å². The second-order valence-corrected chi connectivity index (χ2v) is 10.5. The minimum absolute atomic E-state index is 0.0121. The van der Waals surface area contributed by atoms with Gasteiger partial charge in [0.2, 0.25) is 0 Å². The van der Waals surface area contributed by atoms with Crippen molar-refractivity contribution in [1.82, 2.24) is 9.80 Å². The van der Waals surface area contributed by atoms with Crippen molar-refractivity contribution in [2.24, 2.45) is 0 Å². The highest BCUT2D eigenvalue weighted by Gasteiger charge is 2.45. The SMILES string of the molecule is CN(C(=O)OC(C)(C)C)C1CCN(C[C@@H]2OC(=O)N(c3ccc(Cl)cc3)[C@H]2c2cccc(F)c2)C1. The third-order valence-corrected chi connectivity index (χ3v) is 6.54. The van der Waals surface area contributed by atoms with Crippen LogP contribution in [-0.4, -0.2) is 66.4 Å². The van der Waals surface area contributed by atoms with E-state index in [2.05, 4.69) is 4.90 Å². The first kappa shape index (κ1) is 25.3. The van der Waals surface area contributed by atoms with Gasteiger partial charge >= 0.3 is 12.2 Å². The highest BCUT2D eigenvalue weighted by molar-refractivity contribution is 6.30. The summed E-state index contributed by atoms with van der Waals surface area (Å²) in [5.41, 5.74) is 0.711. The highest BCUT2D eigenvalue weighted by Crippen LogP contribution is 2.38. The number of cyclic esters (lactones) is 1. The number of likely N-dealkylation sites (N-methyl/N-ethyl adjacent to an activating group) is 1. The van der Waals surface area contributed by atoms with Crippen LogP contribution in [0.4, 0.5) is 19.7 Å². The number of halogens is 2. The maximum absolute atomic E-state index is 14.1. The Balaban J connectivity index is 1.52. The Labute approximate surface area is 210 Å². The maximum atomic E-state index is 14.1. The van der Waals surface area contributed by atoms with Gasteiger partial charge in [-0.15, -0.1) is 0 Å². The molecule has 0 N–H and O–H groups in total. The molecule has 188 valence electrons. The van der Waals surface area contributed by atoms with Crippen molar-refractivity contribution in [2.45, 2.75) is 51.0 Å². The predicted molar refractivity (Wildman–Crippen MR) is 132 cm³/mol. The maximum Gasteiger partial charge on any atom is 0.415 e. The summed E-state index contributed by atoms with van der Waals surface area (Å²) in [5.74, 6) is -0.378. The molecule has 2 amide bonds. The van der Waals surface area contributed by atoms with Gasteiger partial charge in [0.15, 0.2) is 0 Å². The van der Waals surface area contributed by atoms with E-state index in [1.165, 1.54) is 12.1 Å². The third kappa shape index (κ3) is 5.87. The summed E-state index contributed by atoms with van der Waals surface area (Å²) < 4.78 is 25.5. The Morgan fingerprint density at radius 1 is 1.23 bits per heavy atom. The number of hydrogen-bond donors (Lipinski definition) is 0. The van der Waals surface area contributed by atoms with Gasteiger partial charge in [-0.2, -0.15) is 0 Å². The second-order valence-electron chi connectivity index (χ2n) is 10.1. The summed E-state index contributed by atoms with van der Waals surface area (Å²) in [6.07, 6.45) is -0.593. The number of hydrogen-bond acceptors (Lipinski definition) is 5. The van der Waals surface area contributed by atoms with Crippen molar-refractivity contribution in [1.29, 1.82) is 0 Å². The molecule has 2 aromatic carbocycles. The smallest absolute Gasteiger partial charge is 0.415 e. The molecule has 0 aliphatic carbocycles. The zero-order chi connectivity index (χ0) is 25.3. The van der Waals surface area contributed by atoms with Crippen LogP contribution in [0.1, 0.15) is 38.8 Å². The monoisotopic (exact) mass is 503 g/mol. The molecule has 4 rings (SSSR count). The lowest BCUT2D eigenvalue weighted by Gasteiger charge is -2.29. The van der Waals surface area contributed by atoms with E-state index in [9.17, 15) is 14.0 Å². The number of anilines is 1. The average Bonchev–Trinajstić information content (AvgIpc) is 3.37. The van der Waals surface area contributed by atoms with Crippen LogP contribution in [0.2, 0.25) is 5.02 Å². The first-order valence-electron chi connectivity index (χ1n) is 11.7.